The molecule has 1 aromatic rings. The summed E-state index contributed by atoms with van der Waals surface area (Å²) in [6, 6.07) is 6.67. The van der Waals surface area contributed by atoms with E-state index in [9.17, 15) is 0 Å². The Kier molecular flexibility index (Phi) is 2.17. The molecular weight excluding hydrogens is 158 g/mol. The fourth-order valence-electron chi connectivity index (χ4n) is 1.65. The van der Waals surface area contributed by atoms with Gasteiger partial charge in [0.25, 0.3) is 0 Å². The summed E-state index contributed by atoms with van der Waals surface area (Å²) < 4.78 is 0. The van der Waals surface area contributed by atoms with E-state index in [0.717, 1.165) is 12.8 Å². The summed E-state index contributed by atoms with van der Waals surface area (Å²) in [6.45, 7) is 4.43. The minimum Gasteiger partial charge on any atom is -0.261 e. The van der Waals surface area contributed by atoms with Crippen LogP contribution >= 0.6 is 0 Å². The Morgan fingerprint density at radius 2 is 2.15 bits per heavy atom. The number of aliphatic imine (C=N–C) groups is 1. The van der Waals surface area contributed by atoms with Crippen LogP contribution in [0.3, 0.4) is 0 Å². The van der Waals surface area contributed by atoms with Crippen molar-refractivity contribution in [1.82, 2.24) is 0 Å². The Morgan fingerprint density at radius 1 is 1.31 bits per heavy atom. The lowest BCUT2D eigenvalue weighted by Crippen LogP contribution is -1.95. The lowest BCUT2D eigenvalue weighted by molar-refractivity contribution is 0.863. The maximum Gasteiger partial charge on any atom is 0.0660 e. The lowest BCUT2D eigenvalue weighted by atomic mass is 9.97. The Balaban J connectivity index is 2.43. The molecule has 0 atom stereocenters. The molecule has 0 saturated carbocycles. The third-order valence-corrected chi connectivity index (χ3v) is 2.55. The highest BCUT2D eigenvalue weighted by molar-refractivity contribution is 5.69. The van der Waals surface area contributed by atoms with Gasteiger partial charge in [-0.3, -0.25) is 4.99 Å². The fourth-order valence-corrected chi connectivity index (χ4v) is 1.65. The standard InChI is InChI=1S/C12H15N/c1-9(2)11-6-5-10-4-3-7-13-12(10)8-11/h5-9H,3-4H2,1-2H3. The molecule has 1 nitrogen and oxygen atoms in total. The number of aryl methyl sites for hydroxylation is 1. The minimum absolute atomic E-state index is 0.599. The monoisotopic (exact) mass is 173 g/mol. The molecule has 1 aliphatic heterocycles. The molecule has 0 spiro atoms. The van der Waals surface area contributed by atoms with Gasteiger partial charge in [-0.25, -0.2) is 0 Å². The Hall–Kier alpha value is -1.11. The highest BCUT2D eigenvalue weighted by atomic mass is 14.7. The fraction of sp³-hybridized carbons (Fsp3) is 0.417. The zero-order valence-corrected chi connectivity index (χ0v) is 8.25. The Bertz CT molecular complexity index is 337. The lowest BCUT2D eigenvalue weighted by Gasteiger charge is -2.12. The van der Waals surface area contributed by atoms with Gasteiger partial charge >= 0.3 is 0 Å². The molecule has 0 aliphatic carbocycles. The number of benzene rings is 1. The van der Waals surface area contributed by atoms with Gasteiger partial charge in [-0.1, -0.05) is 26.0 Å². The van der Waals surface area contributed by atoms with Crippen molar-refractivity contribution < 1.29 is 0 Å². The van der Waals surface area contributed by atoms with E-state index in [4.69, 9.17) is 0 Å². The topological polar surface area (TPSA) is 12.4 Å². The SMILES string of the molecule is CC(C)c1ccc2c(c1)N=CCC2. The molecule has 1 heterocycles. The van der Waals surface area contributed by atoms with Crippen molar-refractivity contribution in [2.45, 2.75) is 32.6 Å². The molecule has 2 rings (SSSR count). The molecule has 0 unspecified atom stereocenters. The molecule has 1 heteroatoms. The van der Waals surface area contributed by atoms with Crippen LogP contribution in [-0.2, 0) is 6.42 Å². The number of fused-ring (bicyclic) bond motifs is 1. The minimum atomic E-state index is 0.599. The molecular formula is C12H15N. The molecule has 0 aromatic heterocycles. The maximum atomic E-state index is 4.41. The zero-order chi connectivity index (χ0) is 9.26. The smallest absolute Gasteiger partial charge is 0.0660 e. The van der Waals surface area contributed by atoms with Crippen molar-refractivity contribution in [1.29, 1.82) is 0 Å². The van der Waals surface area contributed by atoms with Crippen LogP contribution in [-0.4, -0.2) is 6.21 Å². The van der Waals surface area contributed by atoms with Crippen molar-refractivity contribution in [3.63, 3.8) is 0 Å². The summed E-state index contributed by atoms with van der Waals surface area (Å²) >= 11 is 0. The third kappa shape index (κ3) is 1.64. The molecule has 1 aromatic carbocycles. The molecule has 0 saturated heterocycles. The highest BCUT2D eigenvalue weighted by Gasteiger charge is 2.07. The predicted molar refractivity (Wildman–Crippen MR) is 57.0 cm³/mol. The molecule has 0 bridgehead atoms. The number of nitrogens with zero attached hydrogens (tertiary/aromatic N) is 1. The summed E-state index contributed by atoms with van der Waals surface area (Å²) in [4.78, 5) is 4.41. The van der Waals surface area contributed by atoms with Gasteiger partial charge in [0.2, 0.25) is 0 Å². The van der Waals surface area contributed by atoms with Gasteiger partial charge in [0, 0.05) is 6.21 Å². The summed E-state index contributed by atoms with van der Waals surface area (Å²) in [7, 11) is 0. The van der Waals surface area contributed by atoms with Crippen LogP contribution in [0, 0.1) is 0 Å². The van der Waals surface area contributed by atoms with Crippen LogP contribution in [0.1, 0.15) is 37.3 Å². The zero-order valence-electron chi connectivity index (χ0n) is 8.25. The predicted octanol–water partition coefficient (Wildman–Crippen LogP) is 3.46. The van der Waals surface area contributed by atoms with Crippen LogP contribution in [0.4, 0.5) is 5.69 Å². The first-order chi connectivity index (χ1) is 6.27. The Morgan fingerprint density at radius 3 is 2.92 bits per heavy atom. The van der Waals surface area contributed by atoms with Crippen LogP contribution in [0.5, 0.6) is 0 Å². The van der Waals surface area contributed by atoms with Crippen LogP contribution in [0.2, 0.25) is 0 Å². The summed E-state index contributed by atoms with van der Waals surface area (Å²) in [6.07, 6.45) is 4.26. The third-order valence-electron chi connectivity index (χ3n) is 2.55. The van der Waals surface area contributed by atoms with Crippen LogP contribution in [0.15, 0.2) is 23.2 Å². The van der Waals surface area contributed by atoms with Gasteiger partial charge in [-0.15, -0.1) is 0 Å². The molecule has 13 heavy (non-hydrogen) atoms. The highest BCUT2D eigenvalue weighted by Crippen LogP contribution is 2.27. The first-order valence-electron chi connectivity index (χ1n) is 4.93. The van der Waals surface area contributed by atoms with Gasteiger partial charge in [0.15, 0.2) is 0 Å². The largest absolute Gasteiger partial charge is 0.261 e. The van der Waals surface area contributed by atoms with Gasteiger partial charge in [0.1, 0.15) is 0 Å². The maximum absolute atomic E-state index is 4.41. The van der Waals surface area contributed by atoms with E-state index in [0.29, 0.717) is 5.92 Å². The average molecular weight is 173 g/mol. The van der Waals surface area contributed by atoms with E-state index in [1.807, 2.05) is 6.21 Å². The molecule has 0 radical (unpaired) electrons. The van der Waals surface area contributed by atoms with Crippen molar-refractivity contribution in [3.05, 3.63) is 29.3 Å². The van der Waals surface area contributed by atoms with Gasteiger partial charge in [-0.2, -0.15) is 0 Å². The van der Waals surface area contributed by atoms with Gasteiger partial charge in [-0.05, 0) is 36.0 Å². The van der Waals surface area contributed by atoms with E-state index in [1.54, 1.807) is 0 Å². The van der Waals surface area contributed by atoms with E-state index >= 15 is 0 Å². The van der Waals surface area contributed by atoms with E-state index < -0.39 is 0 Å². The normalized spacial score (nSPS) is 14.7. The molecule has 0 fully saturated rings. The second kappa shape index (κ2) is 3.33. The van der Waals surface area contributed by atoms with Crippen LogP contribution in [0.25, 0.3) is 0 Å². The molecule has 68 valence electrons. The summed E-state index contributed by atoms with van der Waals surface area (Å²) in [5.41, 5.74) is 3.96. The van der Waals surface area contributed by atoms with Crippen LogP contribution < -0.4 is 0 Å². The first-order valence-corrected chi connectivity index (χ1v) is 4.93. The van der Waals surface area contributed by atoms with Crippen molar-refractivity contribution in [2.75, 3.05) is 0 Å². The Labute approximate surface area is 79.5 Å². The van der Waals surface area contributed by atoms with Crippen molar-refractivity contribution in [3.8, 4) is 0 Å². The average Bonchev–Trinajstić information content (AvgIpc) is 2.17. The summed E-state index contributed by atoms with van der Waals surface area (Å²) in [5.74, 6) is 0.599. The van der Waals surface area contributed by atoms with E-state index in [-0.39, 0.29) is 0 Å². The van der Waals surface area contributed by atoms with E-state index in [1.165, 1.54) is 16.8 Å². The van der Waals surface area contributed by atoms with Gasteiger partial charge < -0.3 is 0 Å². The van der Waals surface area contributed by atoms with Crippen molar-refractivity contribution in [2.24, 2.45) is 4.99 Å². The molecule has 0 N–H and O–H groups in total. The number of rotatable bonds is 1. The number of hydrogen-bond acceptors (Lipinski definition) is 1. The second-order valence-corrected chi connectivity index (χ2v) is 3.89. The number of hydrogen-bond donors (Lipinski definition) is 0. The van der Waals surface area contributed by atoms with E-state index in [2.05, 4.69) is 37.0 Å². The molecule has 0 amide bonds. The molecule has 1 aliphatic rings. The quantitative estimate of drug-likeness (QED) is 0.616. The van der Waals surface area contributed by atoms with Crippen molar-refractivity contribution >= 4 is 11.9 Å². The summed E-state index contributed by atoms with van der Waals surface area (Å²) in [5, 5.41) is 0. The van der Waals surface area contributed by atoms with Gasteiger partial charge in [0.05, 0.1) is 5.69 Å². The second-order valence-electron chi connectivity index (χ2n) is 3.89. The first kappa shape index (κ1) is 8.49.